The third-order valence-corrected chi connectivity index (χ3v) is 7.18. The van der Waals surface area contributed by atoms with Crippen LogP contribution in [0.25, 0.3) is 0 Å². The zero-order valence-corrected chi connectivity index (χ0v) is 15.5. The summed E-state index contributed by atoms with van der Waals surface area (Å²) in [6.45, 7) is 3.74. The lowest BCUT2D eigenvalue weighted by atomic mass is 9.63. The Bertz CT molecular complexity index is 453. The summed E-state index contributed by atoms with van der Waals surface area (Å²) in [5, 5.41) is 2.15. The van der Waals surface area contributed by atoms with E-state index in [4.69, 9.17) is 14.3 Å². The predicted molar refractivity (Wildman–Crippen MR) is 93.9 cm³/mol. The summed E-state index contributed by atoms with van der Waals surface area (Å²) in [7, 11) is 1.88. The second-order valence-corrected chi connectivity index (χ2v) is 8.55. The number of ether oxygens (including phenoxy) is 2. The maximum Gasteiger partial charge on any atom is 0.125 e. The maximum atomic E-state index is 11.6. The average molecular weight is 351 g/mol. The predicted octanol–water partition coefficient (Wildman–Crippen LogP) is 2.69. The van der Waals surface area contributed by atoms with Crippen LogP contribution in [0.15, 0.2) is 0 Å². The highest BCUT2D eigenvalue weighted by molar-refractivity contribution is 5.55. The average Bonchev–Trinajstić information content (AvgIpc) is 3.32. The lowest BCUT2D eigenvalue weighted by molar-refractivity contribution is -0.145. The second kappa shape index (κ2) is 8.03. The van der Waals surface area contributed by atoms with Gasteiger partial charge in [-0.3, -0.25) is 4.84 Å². The molecule has 0 N–H and O–H groups in total. The van der Waals surface area contributed by atoms with Crippen LogP contribution in [0.3, 0.4) is 0 Å². The molecule has 4 rings (SSSR count). The molecule has 5 heteroatoms. The topological polar surface area (TPSA) is 48.0 Å². The Morgan fingerprint density at radius 1 is 1.12 bits per heavy atom. The van der Waals surface area contributed by atoms with E-state index in [0.717, 1.165) is 51.9 Å². The van der Waals surface area contributed by atoms with Crippen LogP contribution in [-0.4, -0.2) is 57.0 Å². The van der Waals surface area contributed by atoms with Gasteiger partial charge < -0.3 is 14.3 Å². The number of nitrogens with zero attached hydrogens (tertiary/aromatic N) is 1. The van der Waals surface area contributed by atoms with Crippen LogP contribution in [0.1, 0.15) is 44.9 Å². The van der Waals surface area contributed by atoms with Crippen LogP contribution in [0.5, 0.6) is 0 Å². The smallest absolute Gasteiger partial charge is 0.125 e. The standard InChI is InChI=1S/C20H33NO4/c1-23-20-15(12-21-7-3-8-25-21)4-2-5-18(20)16-10-14-6-9-24-19(14)17(11-16)13-22/h13-20H,2-12H2,1H3. The summed E-state index contributed by atoms with van der Waals surface area (Å²) in [6, 6.07) is 0. The number of carbonyl (C=O) groups is 1. The van der Waals surface area contributed by atoms with E-state index >= 15 is 0 Å². The van der Waals surface area contributed by atoms with Crippen molar-refractivity contribution < 1.29 is 19.1 Å². The number of fused-ring (bicyclic) bond motifs is 1. The van der Waals surface area contributed by atoms with Gasteiger partial charge in [0.2, 0.25) is 0 Å². The molecule has 4 fully saturated rings. The molecule has 7 unspecified atom stereocenters. The fourth-order valence-electron chi connectivity index (χ4n) is 6.10. The number of rotatable bonds is 5. The van der Waals surface area contributed by atoms with Gasteiger partial charge in [-0.05, 0) is 56.3 Å². The number of aldehydes is 1. The molecule has 25 heavy (non-hydrogen) atoms. The molecule has 2 saturated carbocycles. The molecule has 0 amide bonds. The Hall–Kier alpha value is -0.490. The van der Waals surface area contributed by atoms with Gasteiger partial charge in [0, 0.05) is 38.6 Å². The SMILES string of the molecule is COC1C(CN2CCCO2)CCCC1C1CC(C=O)C2OCCC2C1. The summed E-state index contributed by atoms with van der Waals surface area (Å²) in [4.78, 5) is 17.4. The summed E-state index contributed by atoms with van der Waals surface area (Å²) < 4.78 is 11.9. The van der Waals surface area contributed by atoms with E-state index in [2.05, 4.69) is 5.06 Å². The largest absolute Gasteiger partial charge is 0.381 e. The first kappa shape index (κ1) is 17.9. The zero-order valence-electron chi connectivity index (χ0n) is 15.5. The first-order chi connectivity index (χ1) is 12.3. The molecule has 2 heterocycles. The Kier molecular flexibility index (Phi) is 5.75. The zero-order chi connectivity index (χ0) is 17.2. The van der Waals surface area contributed by atoms with Crippen LogP contribution < -0.4 is 0 Å². The van der Waals surface area contributed by atoms with Gasteiger partial charge in [0.25, 0.3) is 0 Å². The molecule has 2 aliphatic heterocycles. The van der Waals surface area contributed by atoms with Gasteiger partial charge in [-0.2, -0.15) is 5.06 Å². The minimum atomic E-state index is 0.0889. The van der Waals surface area contributed by atoms with Crippen molar-refractivity contribution in [2.24, 2.45) is 29.6 Å². The first-order valence-electron chi connectivity index (χ1n) is 10.3. The molecule has 2 aliphatic carbocycles. The summed E-state index contributed by atoms with van der Waals surface area (Å²) in [6.07, 6.45) is 9.86. The molecule has 0 radical (unpaired) electrons. The van der Waals surface area contributed by atoms with Gasteiger partial charge in [-0.25, -0.2) is 0 Å². The number of methoxy groups -OCH3 is 1. The monoisotopic (exact) mass is 351 g/mol. The van der Waals surface area contributed by atoms with Gasteiger partial charge in [0.1, 0.15) is 6.29 Å². The van der Waals surface area contributed by atoms with Crippen molar-refractivity contribution in [2.75, 3.05) is 33.4 Å². The van der Waals surface area contributed by atoms with E-state index in [-0.39, 0.29) is 12.0 Å². The van der Waals surface area contributed by atoms with E-state index in [0.29, 0.717) is 29.8 Å². The lowest BCUT2D eigenvalue weighted by Gasteiger charge is -2.46. The minimum Gasteiger partial charge on any atom is -0.381 e. The number of carbonyl (C=O) groups excluding carboxylic acids is 1. The molecule has 0 spiro atoms. The van der Waals surface area contributed by atoms with E-state index in [1.54, 1.807) is 0 Å². The first-order valence-corrected chi connectivity index (χ1v) is 10.3. The fraction of sp³-hybridized carbons (Fsp3) is 0.950. The van der Waals surface area contributed by atoms with Crippen LogP contribution >= 0.6 is 0 Å². The molecular weight excluding hydrogens is 318 g/mol. The van der Waals surface area contributed by atoms with Crippen LogP contribution in [0.2, 0.25) is 0 Å². The van der Waals surface area contributed by atoms with E-state index in [1.165, 1.54) is 25.7 Å². The van der Waals surface area contributed by atoms with Crippen molar-refractivity contribution in [3.05, 3.63) is 0 Å². The lowest BCUT2D eigenvalue weighted by Crippen LogP contribution is -2.47. The number of hydrogen-bond donors (Lipinski definition) is 0. The Balaban J connectivity index is 1.45. The molecule has 5 nitrogen and oxygen atoms in total. The third kappa shape index (κ3) is 3.66. The van der Waals surface area contributed by atoms with Crippen molar-refractivity contribution in [3.63, 3.8) is 0 Å². The molecule has 7 atom stereocenters. The Morgan fingerprint density at radius 3 is 2.80 bits per heavy atom. The van der Waals surface area contributed by atoms with Gasteiger partial charge in [-0.15, -0.1) is 0 Å². The van der Waals surface area contributed by atoms with Crippen molar-refractivity contribution in [2.45, 2.75) is 57.2 Å². The summed E-state index contributed by atoms with van der Waals surface area (Å²) in [5.74, 6) is 2.40. The maximum absolute atomic E-state index is 11.6. The summed E-state index contributed by atoms with van der Waals surface area (Å²) in [5.41, 5.74) is 0. The van der Waals surface area contributed by atoms with Crippen LogP contribution in [0.4, 0.5) is 0 Å². The fourth-order valence-corrected chi connectivity index (χ4v) is 6.10. The van der Waals surface area contributed by atoms with E-state index in [1.807, 2.05) is 7.11 Å². The molecular formula is C20H33NO4. The molecule has 4 aliphatic rings. The molecule has 0 bridgehead atoms. The summed E-state index contributed by atoms with van der Waals surface area (Å²) >= 11 is 0. The van der Waals surface area contributed by atoms with Crippen LogP contribution in [-0.2, 0) is 19.1 Å². The van der Waals surface area contributed by atoms with Crippen molar-refractivity contribution >= 4 is 6.29 Å². The van der Waals surface area contributed by atoms with Crippen molar-refractivity contribution in [3.8, 4) is 0 Å². The van der Waals surface area contributed by atoms with Crippen LogP contribution in [0, 0.1) is 29.6 Å². The molecule has 0 aromatic heterocycles. The molecule has 0 aromatic rings. The Morgan fingerprint density at radius 2 is 2.04 bits per heavy atom. The van der Waals surface area contributed by atoms with Crippen molar-refractivity contribution in [1.29, 1.82) is 0 Å². The molecule has 2 saturated heterocycles. The highest BCUT2D eigenvalue weighted by Gasteiger charge is 2.47. The second-order valence-electron chi connectivity index (χ2n) is 8.55. The quantitative estimate of drug-likeness (QED) is 0.713. The Labute approximate surface area is 151 Å². The van der Waals surface area contributed by atoms with Crippen molar-refractivity contribution in [1.82, 2.24) is 5.06 Å². The highest BCUT2D eigenvalue weighted by Crippen LogP contribution is 2.47. The van der Waals surface area contributed by atoms with Gasteiger partial charge in [0.05, 0.1) is 18.8 Å². The molecule has 0 aromatic carbocycles. The van der Waals surface area contributed by atoms with Gasteiger partial charge >= 0.3 is 0 Å². The number of hydroxylamine groups is 2. The normalized spacial score (nSPS) is 45.4. The van der Waals surface area contributed by atoms with E-state index in [9.17, 15) is 4.79 Å². The highest BCUT2D eigenvalue weighted by atomic mass is 16.7. The third-order valence-electron chi connectivity index (χ3n) is 7.18. The van der Waals surface area contributed by atoms with Gasteiger partial charge in [-0.1, -0.05) is 6.42 Å². The van der Waals surface area contributed by atoms with Gasteiger partial charge in [0.15, 0.2) is 0 Å². The number of hydrogen-bond acceptors (Lipinski definition) is 5. The molecule has 142 valence electrons. The van der Waals surface area contributed by atoms with E-state index < -0.39 is 0 Å². The minimum absolute atomic E-state index is 0.0889.